The van der Waals surface area contributed by atoms with Gasteiger partial charge in [0.25, 0.3) is 0 Å². The van der Waals surface area contributed by atoms with Crippen LogP contribution >= 0.6 is 0 Å². The van der Waals surface area contributed by atoms with Crippen molar-refractivity contribution in [1.82, 2.24) is 15.6 Å². The maximum atomic E-state index is 12.3. The van der Waals surface area contributed by atoms with Crippen molar-refractivity contribution >= 4 is 28.7 Å². The first kappa shape index (κ1) is 31.4. The summed E-state index contributed by atoms with van der Waals surface area (Å²) in [7, 11) is 0. The summed E-state index contributed by atoms with van der Waals surface area (Å²) in [5.41, 5.74) is 1.74. The van der Waals surface area contributed by atoms with Crippen molar-refractivity contribution in [3.63, 3.8) is 0 Å². The Morgan fingerprint density at radius 2 is 1.34 bits per heavy atom. The predicted molar refractivity (Wildman–Crippen MR) is 154 cm³/mol. The molecular weight excluding hydrogens is 478 g/mol. The Bertz CT molecular complexity index is 956. The van der Waals surface area contributed by atoms with Crippen molar-refractivity contribution in [3.8, 4) is 0 Å². The summed E-state index contributed by atoms with van der Waals surface area (Å²) >= 11 is 0. The minimum atomic E-state index is -1.10. The quantitative estimate of drug-likeness (QED) is 0.128. The molecular formula is C31H49N3O4. The van der Waals surface area contributed by atoms with E-state index in [1.165, 1.54) is 77.0 Å². The number of aromatic nitrogens is 1. The van der Waals surface area contributed by atoms with E-state index < -0.39 is 17.9 Å². The van der Waals surface area contributed by atoms with Gasteiger partial charge in [-0.2, -0.15) is 0 Å². The number of fused-ring (bicyclic) bond motifs is 1. The Hall–Kier alpha value is -2.83. The minimum Gasteiger partial charge on any atom is -0.480 e. The number of hydrogen-bond acceptors (Lipinski definition) is 3. The van der Waals surface area contributed by atoms with E-state index in [1.54, 1.807) is 6.20 Å². The van der Waals surface area contributed by atoms with Gasteiger partial charge >= 0.3 is 5.97 Å². The summed E-state index contributed by atoms with van der Waals surface area (Å²) in [6.07, 6.45) is 21.4. The SMILES string of the molecule is CCCCCCCCCCCCCCCCCC(=O)NCC(=O)N[C@@H](Cc1c[nH]c2ccccc12)C(=O)O. The third-order valence-corrected chi connectivity index (χ3v) is 7.19. The van der Waals surface area contributed by atoms with Gasteiger partial charge in [0, 0.05) is 29.9 Å². The van der Waals surface area contributed by atoms with Gasteiger partial charge < -0.3 is 20.7 Å². The summed E-state index contributed by atoms with van der Waals surface area (Å²) in [6, 6.07) is 6.57. The molecule has 4 N–H and O–H groups in total. The number of carbonyl (C=O) groups is 3. The average Bonchev–Trinajstić information content (AvgIpc) is 3.32. The zero-order valence-electron chi connectivity index (χ0n) is 23.4. The molecule has 7 heteroatoms. The first-order valence-electron chi connectivity index (χ1n) is 14.8. The second-order valence-corrected chi connectivity index (χ2v) is 10.5. The van der Waals surface area contributed by atoms with Gasteiger partial charge in [-0.1, -0.05) is 115 Å². The van der Waals surface area contributed by atoms with Crippen molar-refractivity contribution in [2.75, 3.05) is 6.54 Å². The Labute approximate surface area is 228 Å². The molecule has 1 aromatic heterocycles. The van der Waals surface area contributed by atoms with E-state index in [0.717, 1.165) is 35.7 Å². The van der Waals surface area contributed by atoms with Gasteiger partial charge in [0.15, 0.2) is 0 Å². The highest BCUT2D eigenvalue weighted by Gasteiger charge is 2.22. The number of hydrogen-bond donors (Lipinski definition) is 4. The summed E-state index contributed by atoms with van der Waals surface area (Å²) in [6.45, 7) is 2.05. The molecule has 212 valence electrons. The zero-order chi connectivity index (χ0) is 27.4. The molecule has 0 saturated heterocycles. The molecule has 38 heavy (non-hydrogen) atoms. The molecule has 0 aliphatic rings. The van der Waals surface area contributed by atoms with Gasteiger partial charge in [-0.05, 0) is 18.1 Å². The monoisotopic (exact) mass is 527 g/mol. The third-order valence-electron chi connectivity index (χ3n) is 7.19. The van der Waals surface area contributed by atoms with Gasteiger partial charge in [-0.15, -0.1) is 0 Å². The molecule has 0 aliphatic heterocycles. The summed E-state index contributed by atoms with van der Waals surface area (Å²) in [5.74, 6) is -1.77. The van der Waals surface area contributed by atoms with Crippen LogP contribution in [0.3, 0.4) is 0 Å². The lowest BCUT2D eigenvalue weighted by Crippen LogP contribution is -2.46. The second kappa shape index (κ2) is 19.3. The van der Waals surface area contributed by atoms with Crippen LogP contribution in [0.4, 0.5) is 0 Å². The molecule has 0 saturated carbocycles. The number of nitrogens with one attached hydrogen (secondary N) is 3. The van der Waals surface area contributed by atoms with Crippen LogP contribution in [0.25, 0.3) is 10.9 Å². The molecule has 0 bridgehead atoms. The molecule has 0 fully saturated rings. The maximum Gasteiger partial charge on any atom is 0.326 e. The lowest BCUT2D eigenvalue weighted by atomic mass is 10.0. The molecule has 0 aliphatic carbocycles. The Morgan fingerprint density at radius 1 is 0.789 bits per heavy atom. The normalized spacial score (nSPS) is 11.9. The zero-order valence-corrected chi connectivity index (χ0v) is 23.4. The Balaban J connectivity index is 1.47. The van der Waals surface area contributed by atoms with Crippen LogP contribution in [0.2, 0.25) is 0 Å². The van der Waals surface area contributed by atoms with Crippen molar-refractivity contribution in [1.29, 1.82) is 0 Å². The fraction of sp³-hybridized carbons (Fsp3) is 0.645. The van der Waals surface area contributed by atoms with Crippen LogP contribution in [-0.2, 0) is 20.8 Å². The van der Waals surface area contributed by atoms with Crippen LogP contribution in [0.5, 0.6) is 0 Å². The van der Waals surface area contributed by atoms with Crippen LogP contribution in [0, 0.1) is 0 Å². The Kier molecular flexibility index (Phi) is 15.9. The van der Waals surface area contributed by atoms with Crippen molar-refractivity contribution < 1.29 is 19.5 Å². The number of carbonyl (C=O) groups excluding carboxylic acids is 2. The van der Waals surface area contributed by atoms with E-state index in [1.807, 2.05) is 24.3 Å². The third kappa shape index (κ3) is 13.1. The van der Waals surface area contributed by atoms with E-state index in [9.17, 15) is 19.5 Å². The summed E-state index contributed by atoms with van der Waals surface area (Å²) < 4.78 is 0. The molecule has 0 radical (unpaired) electrons. The number of aromatic amines is 1. The number of H-pyrrole nitrogens is 1. The predicted octanol–water partition coefficient (Wildman–Crippen LogP) is 6.66. The molecule has 0 unspecified atom stereocenters. The van der Waals surface area contributed by atoms with E-state index >= 15 is 0 Å². The first-order valence-corrected chi connectivity index (χ1v) is 14.8. The van der Waals surface area contributed by atoms with Crippen LogP contribution in [0.15, 0.2) is 30.5 Å². The smallest absolute Gasteiger partial charge is 0.326 e. The summed E-state index contributed by atoms with van der Waals surface area (Å²) in [4.78, 5) is 39.2. The van der Waals surface area contributed by atoms with Crippen LogP contribution < -0.4 is 10.6 Å². The number of amides is 2. The molecule has 1 aromatic carbocycles. The molecule has 1 atom stereocenters. The number of rotatable bonds is 22. The van der Waals surface area contributed by atoms with Gasteiger partial charge in [0.05, 0.1) is 6.54 Å². The highest BCUT2D eigenvalue weighted by atomic mass is 16.4. The number of benzene rings is 1. The molecule has 2 amide bonds. The number of carboxylic acids is 1. The number of unbranched alkanes of at least 4 members (excludes halogenated alkanes) is 14. The standard InChI is InChI=1S/C31H49N3O4/c1-2-3-4-5-6-7-8-9-10-11-12-13-14-15-16-21-29(35)33-24-30(36)34-28(31(37)38)22-25-23-32-27-20-18-17-19-26(25)27/h17-20,23,28,32H,2-16,21-22,24H2,1H3,(H,33,35)(H,34,36)(H,37,38)/t28-/m0/s1. The second-order valence-electron chi connectivity index (χ2n) is 10.5. The highest BCUT2D eigenvalue weighted by molar-refractivity contribution is 5.89. The van der Waals surface area contributed by atoms with E-state index in [0.29, 0.717) is 6.42 Å². The van der Waals surface area contributed by atoms with Crippen molar-refractivity contribution in [3.05, 3.63) is 36.0 Å². The molecule has 2 rings (SSSR count). The fourth-order valence-corrected chi connectivity index (χ4v) is 4.89. The number of aliphatic carboxylic acids is 1. The summed E-state index contributed by atoms with van der Waals surface area (Å²) in [5, 5.41) is 15.6. The largest absolute Gasteiger partial charge is 0.480 e. The van der Waals surface area contributed by atoms with E-state index in [2.05, 4.69) is 22.5 Å². The van der Waals surface area contributed by atoms with Crippen LogP contribution in [-0.4, -0.2) is 40.5 Å². The molecule has 7 nitrogen and oxygen atoms in total. The van der Waals surface area contributed by atoms with Gasteiger partial charge in [-0.25, -0.2) is 4.79 Å². The first-order chi connectivity index (χ1) is 18.5. The Morgan fingerprint density at radius 3 is 1.92 bits per heavy atom. The fourth-order valence-electron chi connectivity index (χ4n) is 4.89. The topological polar surface area (TPSA) is 111 Å². The minimum absolute atomic E-state index is 0.165. The average molecular weight is 528 g/mol. The lowest BCUT2D eigenvalue weighted by Gasteiger charge is -2.14. The van der Waals surface area contributed by atoms with Crippen molar-refractivity contribution in [2.24, 2.45) is 0 Å². The lowest BCUT2D eigenvalue weighted by molar-refractivity contribution is -0.141. The van der Waals surface area contributed by atoms with E-state index in [-0.39, 0.29) is 18.9 Å². The van der Waals surface area contributed by atoms with Crippen LogP contribution in [0.1, 0.15) is 115 Å². The maximum absolute atomic E-state index is 12.3. The van der Waals surface area contributed by atoms with E-state index in [4.69, 9.17) is 0 Å². The van der Waals surface area contributed by atoms with Gasteiger partial charge in [0.1, 0.15) is 6.04 Å². The molecule has 0 spiro atoms. The van der Waals surface area contributed by atoms with Gasteiger partial charge in [0.2, 0.25) is 11.8 Å². The molecule has 2 aromatic rings. The highest BCUT2D eigenvalue weighted by Crippen LogP contribution is 2.19. The molecule has 1 heterocycles. The van der Waals surface area contributed by atoms with Crippen molar-refractivity contribution in [2.45, 2.75) is 122 Å². The number of para-hydroxylation sites is 1. The number of carboxylic acid groups (broad SMARTS) is 1. The van der Waals surface area contributed by atoms with Gasteiger partial charge in [-0.3, -0.25) is 9.59 Å².